The highest BCUT2D eigenvalue weighted by Crippen LogP contribution is 2.22. The van der Waals surface area contributed by atoms with Crippen molar-refractivity contribution in [2.45, 2.75) is 69.9 Å². The molecule has 112 valence electrons. The topological polar surface area (TPSA) is 55.6 Å². The highest BCUT2D eigenvalue weighted by molar-refractivity contribution is 5.79. The normalized spacial score (nSPS) is 20.3. The van der Waals surface area contributed by atoms with Crippen LogP contribution in [0, 0.1) is 0 Å². The Hall–Kier alpha value is -0.610. The van der Waals surface area contributed by atoms with Gasteiger partial charge in [-0.1, -0.05) is 19.3 Å². The van der Waals surface area contributed by atoms with E-state index in [1.54, 1.807) is 6.92 Å². The van der Waals surface area contributed by atoms with E-state index in [9.17, 15) is 4.79 Å². The molecule has 19 heavy (non-hydrogen) atoms. The third kappa shape index (κ3) is 5.49. The van der Waals surface area contributed by atoms with Crippen molar-refractivity contribution in [3.05, 3.63) is 0 Å². The average Bonchev–Trinajstić information content (AvgIpc) is 2.43. The SMILES string of the molecule is COC(=O)C(C)(N)CCCCN(C)C1CCCCC1. The molecule has 0 aliphatic heterocycles. The minimum Gasteiger partial charge on any atom is -0.468 e. The van der Waals surface area contributed by atoms with Gasteiger partial charge in [0, 0.05) is 6.04 Å². The molecule has 0 bridgehead atoms. The zero-order valence-electron chi connectivity index (χ0n) is 12.8. The highest BCUT2D eigenvalue weighted by Gasteiger charge is 2.28. The molecular formula is C15H30N2O2. The molecule has 0 amide bonds. The number of ether oxygens (including phenoxy) is 1. The minimum atomic E-state index is -0.835. The van der Waals surface area contributed by atoms with Gasteiger partial charge in [0.2, 0.25) is 0 Å². The molecule has 0 radical (unpaired) electrons. The average molecular weight is 270 g/mol. The lowest BCUT2D eigenvalue weighted by Gasteiger charge is -2.31. The van der Waals surface area contributed by atoms with Crippen LogP contribution in [-0.2, 0) is 9.53 Å². The Morgan fingerprint density at radius 1 is 1.32 bits per heavy atom. The van der Waals surface area contributed by atoms with Crippen LogP contribution < -0.4 is 5.73 Å². The van der Waals surface area contributed by atoms with E-state index in [0.29, 0.717) is 6.42 Å². The Balaban J connectivity index is 2.17. The van der Waals surface area contributed by atoms with Gasteiger partial charge in [-0.15, -0.1) is 0 Å². The van der Waals surface area contributed by atoms with Crippen molar-refractivity contribution >= 4 is 5.97 Å². The summed E-state index contributed by atoms with van der Waals surface area (Å²) in [5, 5.41) is 0. The first-order valence-electron chi connectivity index (χ1n) is 7.55. The molecule has 0 heterocycles. The zero-order valence-corrected chi connectivity index (χ0v) is 12.8. The largest absolute Gasteiger partial charge is 0.468 e. The number of nitrogens with two attached hydrogens (primary N) is 1. The molecule has 1 rings (SSSR count). The first-order valence-corrected chi connectivity index (χ1v) is 7.55. The van der Waals surface area contributed by atoms with Crippen molar-refractivity contribution in [2.75, 3.05) is 20.7 Å². The number of methoxy groups -OCH3 is 1. The van der Waals surface area contributed by atoms with Crippen LogP contribution in [0.5, 0.6) is 0 Å². The molecule has 0 aromatic rings. The Morgan fingerprint density at radius 2 is 1.95 bits per heavy atom. The molecule has 0 saturated heterocycles. The van der Waals surface area contributed by atoms with Gasteiger partial charge in [-0.25, -0.2) is 0 Å². The van der Waals surface area contributed by atoms with E-state index in [1.165, 1.54) is 39.2 Å². The Bertz CT molecular complexity index is 273. The van der Waals surface area contributed by atoms with Gasteiger partial charge in [0.25, 0.3) is 0 Å². The van der Waals surface area contributed by atoms with Crippen LogP contribution in [0.3, 0.4) is 0 Å². The molecular weight excluding hydrogens is 240 g/mol. The number of hydrogen-bond acceptors (Lipinski definition) is 4. The number of hydrogen-bond donors (Lipinski definition) is 1. The highest BCUT2D eigenvalue weighted by atomic mass is 16.5. The lowest BCUT2D eigenvalue weighted by Crippen LogP contribution is -2.45. The van der Waals surface area contributed by atoms with Gasteiger partial charge in [0.1, 0.15) is 5.54 Å². The van der Waals surface area contributed by atoms with Gasteiger partial charge in [0.15, 0.2) is 0 Å². The van der Waals surface area contributed by atoms with Crippen molar-refractivity contribution in [3.8, 4) is 0 Å². The van der Waals surface area contributed by atoms with E-state index in [2.05, 4.69) is 11.9 Å². The molecule has 1 aliphatic rings. The number of nitrogens with zero attached hydrogens (tertiary/aromatic N) is 1. The van der Waals surface area contributed by atoms with Crippen LogP contribution in [0.2, 0.25) is 0 Å². The van der Waals surface area contributed by atoms with Gasteiger partial charge >= 0.3 is 5.97 Å². The summed E-state index contributed by atoms with van der Waals surface area (Å²) in [5.41, 5.74) is 5.11. The van der Waals surface area contributed by atoms with Gasteiger partial charge in [-0.2, -0.15) is 0 Å². The Kier molecular flexibility index (Phi) is 6.80. The smallest absolute Gasteiger partial charge is 0.325 e. The first kappa shape index (κ1) is 16.4. The number of carbonyl (C=O) groups is 1. The maximum absolute atomic E-state index is 11.5. The van der Waals surface area contributed by atoms with Crippen molar-refractivity contribution in [2.24, 2.45) is 5.73 Å². The van der Waals surface area contributed by atoms with E-state index < -0.39 is 5.54 Å². The van der Waals surface area contributed by atoms with Crippen molar-refractivity contribution in [1.29, 1.82) is 0 Å². The second-order valence-corrected chi connectivity index (χ2v) is 6.14. The van der Waals surface area contributed by atoms with Crippen molar-refractivity contribution < 1.29 is 9.53 Å². The molecule has 2 N–H and O–H groups in total. The Morgan fingerprint density at radius 3 is 2.53 bits per heavy atom. The number of esters is 1. The summed E-state index contributed by atoms with van der Waals surface area (Å²) in [5.74, 6) is -0.312. The zero-order chi connectivity index (χ0) is 14.3. The first-order chi connectivity index (χ1) is 8.97. The maximum Gasteiger partial charge on any atom is 0.325 e. The summed E-state index contributed by atoms with van der Waals surface area (Å²) in [6.07, 6.45) is 9.58. The minimum absolute atomic E-state index is 0.312. The predicted molar refractivity (Wildman–Crippen MR) is 78.0 cm³/mol. The van der Waals surface area contributed by atoms with Crippen LogP contribution in [0.4, 0.5) is 0 Å². The molecule has 1 aliphatic carbocycles. The predicted octanol–water partition coefficient (Wildman–Crippen LogP) is 2.31. The fraction of sp³-hybridized carbons (Fsp3) is 0.933. The van der Waals surface area contributed by atoms with Gasteiger partial charge < -0.3 is 15.4 Å². The summed E-state index contributed by atoms with van der Waals surface area (Å²) in [6.45, 7) is 2.85. The van der Waals surface area contributed by atoms with E-state index in [1.807, 2.05) is 0 Å². The van der Waals surface area contributed by atoms with Crippen LogP contribution >= 0.6 is 0 Å². The molecule has 1 fully saturated rings. The van der Waals surface area contributed by atoms with Crippen LogP contribution in [0.15, 0.2) is 0 Å². The number of unbranched alkanes of at least 4 members (excludes halogenated alkanes) is 1. The monoisotopic (exact) mass is 270 g/mol. The summed E-state index contributed by atoms with van der Waals surface area (Å²) in [6, 6.07) is 0.763. The van der Waals surface area contributed by atoms with Crippen molar-refractivity contribution in [1.82, 2.24) is 4.90 Å². The molecule has 4 heteroatoms. The standard InChI is InChI=1S/C15H30N2O2/c1-15(16,14(18)19-3)11-7-8-12-17(2)13-9-5-4-6-10-13/h13H,4-12,16H2,1-3H3. The fourth-order valence-electron chi connectivity index (χ4n) is 2.89. The molecule has 0 aromatic heterocycles. The van der Waals surface area contributed by atoms with E-state index in [0.717, 1.165) is 25.4 Å². The summed E-state index contributed by atoms with van der Waals surface area (Å²) in [7, 11) is 3.61. The molecule has 1 unspecified atom stereocenters. The van der Waals surface area contributed by atoms with Crippen molar-refractivity contribution in [3.63, 3.8) is 0 Å². The van der Waals surface area contributed by atoms with Crippen LogP contribution in [-0.4, -0.2) is 43.2 Å². The third-order valence-corrected chi connectivity index (χ3v) is 4.31. The molecule has 0 spiro atoms. The molecule has 1 atom stereocenters. The van der Waals surface area contributed by atoms with E-state index >= 15 is 0 Å². The second-order valence-electron chi connectivity index (χ2n) is 6.14. The number of carbonyl (C=O) groups excluding carboxylic acids is 1. The van der Waals surface area contributed by atoms with Crippen LogP contribution in [0.25, 0.3) is 0 Å². The van der Waals surface area contributed by atoms with Gasteiger partial charge in [-0.05, 0) is 52.6 Å². The summed E-state index contributed by atoms with van der Waals surface area (Å²) in [4.78, 5) is 13.9. The Labute approximate surface area is 117 Å². The van der Waals surface area contributed by atoms with Crippen LogP contribution in [0.1, 0.15) is 58.3 Å². The van der Waals surface area contributed by atoms with Gasteiger partial charge in [0.05, 0.1) is 7.11 Å². The second kappa shape index (κ2) is 7.85. The summed E-state index contributed by atoms with van der Waals surface area (Å²) >= 11 is 0. The lowest BCUT2D eigenvalue weighted by atomic mass is 9.93. The van der Waals surface area contributed by atoms with E-state index in [-0.39, 0.29) is 5.97 Å². The molecule has 4 nitrogen and oxygen atoms in total. The lowest BCUT2D eigenvalue weighted by molar-refractivity contribution is -0.146. The third-order valence-electron chi connectivity index (χ3n) is 4.31. The molecule has 1 saturated carbocycles. The fourth-order valence-corrected chi connectivity index (χ4v) is 2.89. The van der Waals surface area contributed by atoms with Gasteiger partial charge in [-0.3, -0.25) is 4.79 Å². The summed E-state index contributed by atoms with van der Waals surface area (Å²) < 4.78 is 4.71. The maximum atomic E-state index is 11.5. The quantitative estimate of drug-likeness (QED) is 0.570. The molecule has 0 aromatic carbocycles. The number of rotatable bonds is 7. The van der Waals surface area contributed by atoms with E-state index in [4.69, 9.17) is 10.5 Å².